The topological polar surface area (TPSA) is 61.0 Å². The maximum Gasteiger partial charge on any atom is 0.273 e. The SMILES string of the molecule is Cc1cc2c(cnn2Cc2ccc(Cl)cc2)cc1[N+](=O)[O-]. The quantitative estimate of drug-likeness (QED) is 0.543. The molecule has 0 bridgehead atoms. The molecule has 0 aliphatic carbocycles. The highest BCUT2D eigenvalue weighted by molar-refractivity contribution is 6.30. The maximum absolute atomic E-state index is 11.0. The van der Waals surface area contributed by atoms with E-state index in [2.05, 4.69) is 5.10 Å². The summed E-state index contributed by atoms with van der Waals surface area (Å²) < 4.78 is 1.83. The second-order valence-electron chi connectivity index (χ2n) is 4.88. The molecular formula is C15H12ClN3O2. The van der Waals surface area contributed by atoms with E-state index in [4.69, 9.17) is 11.6 Å². The average molecular weight is 302 g/mol. The Balaban J connectivity index is 2.02. The van der Waals surface area contributed by atoms with Gasteiger partial charge in [-0.2, -0.15) is 5.10 Å². The lowest BCUT2D eigenvalue weighted by Crippen LogP contribution is -2.01. The van der Waals surface area contributed by atoms with Crippen LogP contribution in [0.15, 0.2) is 42.6 Å². The first-order valence-corrected chi connectivity index (χ1v) is 6.77. The summed E-state index contributed by atoms with van der Waals surface area (Å²) in [6.07, 6.45) is 1.65. The van der Waals surface area contributed by atoms with Gasteiger partial charge in [-0.05, 0) is 30.7 Å². The fraction of sp³-hybridized carbons (Fsp3) is 0.133. The van der Waals surface area contributed by atoms with Crippen molar-refractivity contribution in [3.8, 4) is 0 Å². The molecule has 0 saturated carbocycles. The Bertz CT molecular complexity index is 825. The second-order valence-corrected chi connectivity index (χ2v) is 5.32. The van der Waals surface area contributed by atoms with Crippen molar-refractivity contribution in [3.05, 3.63) is 68.9 Å². The fourth-order valence-corrected chi connectivity index (χ4v) is 2.43. The van der Waals surface area contributed by atoms with Gasteiger partial charge >= 0.3 is 0 Å². The predicted molar refractivity (Wildman–Crippen MR) is 81.7 cm³/mol. The van der Waals surface area contributed by atoms with Gasteiger partial charge in [-0.3, -0.25) is 14.8 Å². The van der Waals surface area contributed by atoms with Crippen molar-refractivity contribution < 1.29 is 4.92 Å². The number of aromatic nitrogens is 2. The lowest BCUT2D eigenvalue weighted by Gasteiger charge is -2.05. The lowest BCUT2D eigenvalue weighted by molar-refractivity contribution is -0.385. The molecule has 0 spiro atoms. The van der Waals surface area contributed by atoms with Crippen molar-refractivity contribution in [1.29, 1.82) is 0 Å². The van der Waals surface area contributed by atoms with E-state index in [1.165, 1.54) is 0 Å². The molecule has 3 rings (SSSR count). The third-order valence-electron chi connectivity index (χ3n) is 3.40. The maximum atomic E-state index is 11.0. The summed E-state index contributed by atoms with van der Waals surface area (Å²) in [6.45, 7) is 2.33. The Morgan fingerprint density at radius 2 is 2.00 bits per heavy atom. The third kappa shape index (κ3) is 2.60. The number of halogens is 1. The number of benzene rings is 2. The van der Waals surface area contributed by atoms with E-state index >= 15 is 0 Å². The van der Waals surface area contributed by atoms with Crippen molar-refractivity contribution in [2.24, 2.45) is 0 Å². The highest BCUT2D eigenvalue weighted by atomic mass is 35.5. The largest absolute Gasteiger partial charge is 0.273 e. The van der Waals surface area contributed by atoms with Crippen molar-refractivity contribution in [2.45, 2.75) is 13.5 Å². The first kappa shape index (κ1) is 13.6. The Kier molecular flexibility index (Phi) is 3.35. The zero-order valence-electron chi connectivity index (χ0n) is 11.3. The van der Waals surface area contributed by atoms with Crippen LogP contribution in [0.2, 0.25) is 5.02 Å². The van der Waals surface area contributed by atoms with E-state index in [-0.39, 0.29) is 10.6 Å². The molecule has 106 valence electrons. The van der Waals surface area contributed by atoms with Crippen molar-refractivity contribution in [1.82, 2.24) is 9.78 Å². The number of nitrogens with zero attached hydrogens (tertiary/aromatic N) is 3. The van der Waals surface area contributed by atoms with Gasteiger partial charge in [0.2, 0.25) is 0 Å². The van der Waals surface area contributed by atoms with Crippen molar-refractivity contribution >= 4 is 28.2 Å². The van der Waals surface area contributed by atoms with Crippen LogP contribution in [0.1, 0.15) is 11.1 Å². The van der Waals surface area contributed by atoms with Crippen LogP contribution >= 0.6 is 11.6 Å². The Morgan fingerprint density at radius 3 is 2.67 bits per heavy atom. The van der Waals surface area contributed by atoms with Crippen LogP contribution in [0.3, 0.4) is 0 Å². The summed E-state index contributed by atoms with van der Waals surface area (Å²) in [5.74, 6) is 0. The summed E-state index contributed by atoms with van der Waals surface area (Å²) >= 11 is 5.87. The van der Waals surface area contributed by atoms with Crippen LogP contribution in [-0.2, 0) is 6.54 Å². The molecule has 0 amide bonds. The molecule has 0 aliphatic heterocycles. The van der Waals surface area contributed by atoms with Gasteiger partial charge < -0.3 is 0 Å². The van der Waals surface area contributed by atoms with E-state index < -0.39 is 0 Å². The number of rotatable bonds is 3. The minimum atomic E-state index is -0.370. The molecule has 0 unspecified atom stereocenters. The van der Waals surface area contributed by atoms with Gasteiger partial charge in [0.05, 0.1) is 23.2 Å². The third-order valence-corrected chi connectivity index (χ3v) is 3.65. The molecule has 0 fully saturated rings. The number of nitro benzene ring substituents is 1. The minimum absolute atomic E-state index is 0.119. The van der Waals surface area contributed by atoms with Crippen LogP contribution in [0, 0.1) is 17.0 Å². The highest BCUT2D eigenvalue weighted by Crippen LogP contribution is 2.25. The molecule has 0 N–H and O–H groups in total. The Labute approximate surface area is 125 Å². The van der Waals surface area contributed by atoms with Gasteiger partial charge in [0.15, 0.2) is 0 Å². The molecule has 2 aromatic carbocycles. The summed E-state index contributed by atoms with van der Waals surface area (Å²) in [7, 11) is 0. The summed E-state index contributed by atoms with van der Waals surface area (Å²) in [5.41, 5.74) is 2.70. The summed E-state index contributed by atoms with van der Waals surface area (Å²) in [5, 5.41) is 16.7. The van der Waals surface area contributed by atoms with Gasteiger partial charge in [-0.15, -0.1) is 0 Å². The smallest absolute Gasteiger partial charge is 0.260 e. The number of hydrogen-bond acceptors (Lipinski definition) is 3. The van der Waals surface area contributed by atoms with Gasteiger partial charge in [-0.1, -0.05) is 23.7 Å². The van der Waals surface area contributed by atoms with Gasteiger partial charge in [0.1, 0.15) is 0 Å². The van der Waals surface area contributed by atoms with E-state index in [1.54, 1.807) is 25.3 Å². The molecule has 1 aromatic heterocycles. The molecule has 0 atom stereocenters. The average Bonchev–Trinajstić information content (AvgIpc) is 2.82. The number of fused-ring (bicyclic) bond motifs is 1. The molecule has 0 radical (unpaired) electrons. The zero-order valence-corrected chi connectivity index (χ0v) is 12.0. The van der Waals surface area contributed by atoms with Crippen LogP contribution in [0.4, 0.5) is 5.69 Å². The summed E-state index contributed by atoms with van der Waals surface area (Å²) in [4.78, 5) is 10.6. The standard InChI is InChI=1S/C15H12ClN3O2/c1-10-6-15-12(7-14(10)19(20)21)8-17-18(15)9-11-2-4-13(16)5-3-11/h2-8H,9H2,1H3. The van der Waals surface area contributed by atoms with Crippen LogP contribution in [0.5, 0.6) is 0 Å². The lowest BCUT2D eigenvalue weighted by atomic mass is 10.1. The molecule has 3 aromatic rings. The number of nitro groups is 1. The fourth-order valence-electron chi connectivity index (χ4n) is 2.30. The van der Waals surface area contributed by atoms with Crippen LogP contribution in [-0.4, -0.2) is 14.7 Å². The first-order valence-electron chi connectivity index (χ1n) is 6.39. The molecule has 6 heteroatoms. The first-order chi connectivity index (χ1) is 10.0. The normalized spacial score (nSPS) is 11.0. The van der Waals surface area contributed by atoms with Gasteiger partial charge in [0.25, 0.3) is 5.69 Å². The van der Waals surface area contributed by atoms with Gasteiger partial charge in [-0.25, -0.2) is 0 Å². The second kappa shape index (κ2) is 5.18. The molecule has 21 heavy (non-hydrogen) atoms. The molecule has 1 heterocycles. The van der Waals surface area contributed by atoms with Crippen LogP contribution < -0.4 is 0 Å². The highest BCUT2D eigenvalue weighted by Gasteiger charge is 2.14. The molecule has 5 nitrogen and oxygen atoms in total. The molecule has 0 saturated heterocycles. The minimum Gasteiger partial charge on any atom is -0.260 e. The Morgan fingerprint density at radius 1 is 1.29 bits per heavy atom. The Hall–Kier alpha value is -2.40. The van der Waals surface area contributed by atoms with Gasteiger partial charge in [0, 0.05) is 22.0 Å². The molecule has 0 aliphatic rings. The van der Waals surface area contributed by atoms with E-state index in [0.29, 0.717) is 17.1 Å². The van der Waals surface area contributed by atoms with E-state index in [0.717, 1.165) is 16.5 Å². The number of aryl methyl sites for hydroxylation is 1. The van der Waals surface area contributed by atoms with Crippen molar-refractivity contribution in [2.75, 3.05) is 0 Å². The monoisotopic (exact) mass is 301 g/mol. The molecular weight excluding hydrogens is 290 g/mol. The van der Waals surface area contributed by atoms with E-state index in [1.807, 2.05) is 28.9 Å². The van der Waals surface area contributed by atoms with Crippen LogP contribution in [0.25, 0.3) is 10.9 Å². The van der Waals surface area contributed by atoms with E-state index in [9.17, 15) is 10.1 Å². The summed E-state index contributed by atoms with van der Waals surface area (Å²) in [6, 6.07) is 10.9. The predicted octanol–water partition coefficient (Wildman–Crippen LogP) is 3.95. The zero-order chi connectivity index (χ0) is 15.0. The van der Waals surface area contributed by atoms with Crippen molar-refractivity contribution in [3.63, 3.8) is 0 Å². The number of hydrogen-bond donors (Lipinski definition) is 0.